The molecule has 1 aliphatic heterocycles. The van der Waals surface area contributed by atoms with Crippen molar-refractivity contribution in [2.75, 3.05) is 11.9 Å². The lowest BCUT2D eigenvalue weighted by molar-refractivity contribution is -0.0885. The molecule has 0 saturated heterocycles. The molecule has 2 heterocycles. The fourth-order valence-electron chi connectivity index (χ4n) is 1.61. The third-order valence-corrected chi connectivity index (χ3v) is 2.31. The zero-order valence-electron chi connectivity index (χ0n) is 7.97. The number of fused-ring (bicyclic) bond motifs is 1. The van der Waals surface area contributed by atoms with E-state index in [1.54, 1.807) is 0 Å². The molecule has 1 aromatic heterocycles. The normalized spacial score (nSPS) is 14.4. The Morgan fingerprint density at radius 2 is 2.06 bits per heavy atom. The van der Waals surface area contributed by atoms with Crippen LogP contribution in [0.2, 0.25) is 0 Å². The molecule has 0 spiro atoms. The van der Waals surface area contributed by atoms with Crippen molar-refractivity contribution < 1.29 is 18.0 Å². The average Bonchev–Trinajstić information content (AvgIpc) is 2.65. The van der Waals surface area contributed by atoms with Crippen molar-refractivity contribution in [3.8, 4) is 0 Å². The van der Waals surface area contributed by atoms with Crippen LogP contribution in [0.1, 0.15) is 10.4 Å². The van der Waals surface area contributed by atoms with E-state index in [1.165, 1.54) is 0 Å². The summed E-state index contributed by atoms with van der Waals surface area (Å²) in [6.45, 7) is 0.616. The minimum atomic E-state index is -4.93. The highest BCUT2D eigenvalue weighted by atomic mass is 19.4. The summed E-state index contributed by atoms with van der Waals surface area (Å²) in [6, 6.07) is 1.87. The van der Waals surface area contributed by atoms with Gasteiger partial charge < -0.3 is 5.32 Å². The van der Waals surface area contributed by atoms with Gasteiger partial charge in [-0.2, -0.15) is 13.2 Å². The molecule has 7 heteroatoms. The smallest absolute Gasteiger partial charge is 0.369 e. The maximum Gasteiger partial charge on any atom is 0.455 e. The Hall–Kier alpha value is -1.79. The van der Waals surface area contributed by atoms with E-state index in [1.807, 2.05) is 0 Å². The van der Waals surface area contributed by atoms with E-state index in [4.69, 9.17) is 0 Å². The van der Waals surface area contributed by atoms with Crippen molar-refractivity contribution in [2.45, 2.75) is 12.7 Å². The third-order valence-electron chi connectivity index (χ3n) is 2.31. The molecule has 16 heavy (non-hydrogen) atoms. The van der Waals surface area contributed by atoms with Crippen LogP contribution in [0.5, 0.6) is 0 Å². The zero-order valence-corrected chi connectivity index (χ0v) is 7.97. The van der Waals surface area contributed by atoms with E-state index in [0.717, 1.165) is 16.7 Å². The molecular weight excluding hydrogens is 225 g/mol. The summed E-state index contributed by atoms with van der Waals surface area (Å²) < 4.78 is 37.8. The highest BCUT2D eigenvalue weighted by Gasteiger charge is 2.41. The number of pyridine rings is 1. The topological polar surface area (TPSA) is 51.1 Å². The molecule has 2 rings (SSSR count). The van der Waals surface area contributed by atoms with Crippen LogP contribution < -0.4 is 10.9 Å². The molecule has 0 bridgehead atoms. The van der Waals surface area contributed by atoms with Gasteiger partial charge in [-0.05, 0) is 6.07 Å². The van der Waals surface area contributed by atoms with Crippen LogP contribution in [0.15, 0.2) is 16.9 Å². The molecule has 0 amide bonds. The predicted octanol–water partition coefficient (Wildman–Crippen LogP) is 1.02. The van der Waals surface area contributed by atoms with E-state index in [-0.39, 0.29) is 12.4 Å². The second-order valence-corrected chi connectivity index (χ2v) is 3.34. The van der Waals surface area contributed by atoms with Gasteiger partial charge in [-0.25, -0.2) is 0 Å². The highest BCUT2D eigenvalue weighted by Crippen LogP contribution is 2.26. The van der Waals surface area contributed by atoms with Crippen LogP contribution in [-0.4, -0.2) is 23.1 Å². The number of hydrogen-bond acceptors (Lipinski definition) is 3. The molecule has 1 N–H and O–H groups in total. The third kappa shape index (κ3) is 1.58. The summed E-state index contributed by atoms with van der Waals surface area (Å²) in [5.41, 5.74) is -0.927. The number of nitrogens with one attached hydrogen (secondary N) is 1. The predicted molar refractivity (Wildman–Crippen MR) is 49.6 cm³/mol. The monoisotopic (exact) mass is 232 g/mol. The first-order chi connectivity index (χ1) is 7.41. The van der Waals surface area contributed by atoms with Crippen LogP contribution in [0, 0.1) is 0 Å². The summed E-state index contributed by atoms with van der Waals surface area (Å²) in [5.74, 6) is -1.99. The molecule has 0 aliphatic carbocycles. The molecule has 86 valence electrons. The van der Waals surface area contributed by atoms with Gasteiger partial charge in [-0.3, -0.25) is 14.2 Å². The molecule has 0 aromatic carbocycles. The van der Waals surface area contributed by atoms with Gasteiger partial charge in [0.05, 0.1) is 5.56 Å². The summed E-state index contributed by atoms with van der Waals surface area (Å²) in [5, 5.41) is 2.60. The van der Waals surface area contributed by atoms with Crippen molar-refractivity contribution in [1.82, 2.24) is 4.57 Å². The number of hydrogen-bond donors (Lipinski definition) is 1. The number of ketones is 1. The number of nitrogens with zero attached hydrogens (tertiary/aromatic N) is 1. The Labute approximate surface area is 87.7 Å². The summed E-state index contributed by atoms with van der Waals surface area (Å²) in [7, 11) is 0. The largest absolute Gasteiger partial charge is 0.455 e. The SMILES string of the molecule is O=C(c1ccc(=O)n2c1NCC2)C(F)(F)F. The number of carbonyl (C=O) groups is 1. The minimum absolute atomic E-state index is 0.0465. The molecule has 0 fully saturated rings. The lowest BCUT2D eigenvalue weighted by Gasteiger charge is -2.10. The number of alkyl halides is 3. The van der Waals surface area contributed by atoms with Crippen LogP contribution >= 0.6 is 0 Å². The lowest BCUT2D eigenvalue weighted by atomic mass is 10.1. The molecule has 0 atom stereocenters. The summed E-state index contributed by atoms with van der Waals surface area (Å²) >= 11 is 0. The Bertz CT molecular complexity index is 504. The number of Topliss-reactive ketones (excluding diaryl/α,β-unsaturated/α-hetero) is 1. The number of halogens is 3. The van der Waals surface area contributed by atoms with Gasteiger partial charge in [-0.15, -0.1) is 0 Å². The molecule has 0 saturated carbocycles. The Balaban J connectivity index is 2.56. The molecular formula is C9H7F3N2O2. The van der Waals surface area contributed by atoms with Gasteiger partial charge in [0.15, 0.2) is 0 Å². The zero-order chi connectivity index (χ0) is 11.9. The molecule has 4 nitrogen and oxygen atoms in total. The first-order valence-electron chi connectivity index (χ1n) is 4.50. The molecule has 0 radical (unpaired) electrons. The second kappa shape index (κ2) is 3.36. The maximum atomic E-state index is 12.2. The average molecular weight is 232 g/mol. The van der Waals surface area contributed by atoms with Crippen molar-refractivity contribution in [3.05, 3.63) is 28.0 Å². The highest BCUT2D eigenvalue weighted by molar-refractivity contribution is 6.04. The molecule has 0 unspecified atom stereocenters. The van der Waals surface area contributed by atoms with Gasteiger partial charge in [0.2, 0.25) is 0 Å². The van der Waals surface area contributed by atoms with Crippen molar-refractivity contribution >= 4 is 11.6 Å². The van der Waals surface area contributed by atoms with Gasteiger partial charge in [-0.1, -0.05) is 0 Å². The van der Waals surface area contributed by atoms with Crippen molar-refractivity contribution in [3.63, 3.8) is 0 Å². The fraction of sp³-hybridized carbons (Fsp3) is 0.333. The first kappa shape index (κ1) is 10.7. The first-order valence-corrected chi connectivity index (χ1v) is 4.50. The van der Waals surface area contributed by atoms with E-state index in [9.17, 15) is 22.8 Å². The number of anilines is 1. The maximum absolute atomic E-state index is 12.2. The molecule has 1 aromatic rings. The number of aromatic nitrogens is 1. The Morgan fingerprint density at radius 1 is 1.38 bits per heavy atom. The number of rotatable bonds is 1. The lowest BCUT2D eigenvalue weighted by Crippen LogP contribution is -2.26. The number of carbonyl (C=O) groups excluding carboxylic acids is 1. The van der Waals surface area contributed by atoms with Crippen molar-refractivity contribution in [1.29, 1.82) is 0 Å². The minimum Gasteiger partial charge on any atom is -0.369 e. The second-order valence-electron chi connectivity index (χ2n) is 3.34. The van der Waals surface area contributed by atoms with Gasteiger partial charge in [0, 0.05) is 19.2 Å². The quantitative estimate of drug-likeness (QED) is 0.735. The Kier molecular flexibility index (Phi) is 2.25. The van der Waals surface area contributed by atoms with Crippen molar-refractivity contribution in [2.24, 2.45) is 0 Å². The van der Waals surface area contributed by atoms with Crippen LogP contribution in [0.4, 0.5) is 19.0 Å². The fourth-order valence-corrected chi connectivity index (χ4v) is 1.61. The standard InChI is InChI=1S/C9H7F3N2O2/c10-9(11,12)7(16)5-1-2-6(15)14-4-3-13-8(5)14/h1-2,13H,3-4H2. The van der Waals surface area contributed by atoms with Crippen LogP contribution in [0.3, 0.4) is 0 Å². The van der Waals surface area contributed by atoms with Crippen LogP contribution in [-0.2, 0) is 6.54 Å². The summed E-state index contributed by atoms with van der Waals surface area (Å²) in [6.07, 6.45) is -4.93. The summed E-state index contributed by atoms with van der Waals surface area (Å²) in [4.78, 5) is 22.3. The Morgan fingerprint density at radius 3 is 2.69 bits per heavy atom. The van der Waals surface area contributed by atoms with E-state index >= 15 is 0 Å². The van der Waals surface area contributed by atoms with Gasteiger partial charge >= 0.3 is 6.18 Å². The van der Waals surface area contributed by atoms with E-state index in [2.05, 4.69) is 5.32 Å². The van der Waals surface area contributed by atoms with Gasteiger partial charge in [0.25, 0.3) is 11.3 Å². The van der Waals surface area contributed by atoms with Gasteiger partial charge in [0.1, 0.15) is 5.82 Å². The molecule has 1 aliphatic rings. The van der Waals surface area contributed by atoms with Crippen LogP contribution in [0.25, 0.3) is 0 Å². The van der Waals surface area contributed by atoms with E-state index in [0.29, 0.717) is 6.54 Å². The van der Waals surface area contributed by atoms with E-state index < -0.39 is 23.1 Å².